The molecule has 0 saturated carbocycles. The summed E-state index contributed by atoms with van der Waals surface area (Å²) in [5.74, 6) is 0. The number of alkyl halides is 6. The third-order valence-electron chi connectivity index (χ3n) is 0.321. The molecule has 0 unspecified atom stereocenters. The molecule has 0 spiro atoms. The molecular weight excluding hydrogens is 145 g/mol. The van der Waals surface area contributed by atoms with Gasteiger partial charge in [0.25, 0.3) is 0 Å². The molecule has 0 aliphatic rings. The Morgan fingerprint density at radius 1 is 0.556 bits per heavy atom. The molecule has 0 aromatic rings. The van der Waals surface area contributed by atoms with Crippen LogP contribution in [-0.4, -0.2) is 31.2 Å². The number of hydrogen-bond donors (Lipinski definition) is 0. The van der Waals surface area contributed by atoms with Gasteiger partial charge in [-0.1, -0.05) is 0 Å². The van der Waals surface area contributed by atoms with Crippen LogP contribution >= 0.6 is 0 Å². The summed E-state index contributed by atoms with van der Waals surface area (Å²) in [6.45, 7) is 0. The van der Waals surface area contributed by atoms with Gasteiger partial charge in [0.2, 0.25) is 0 Å². The third kappa shape index (κ3) is 3.70. The van der Waals surface area contributed by atoms with Crippen LogP contribution in [0.5, 0.6) is 0 Å². The molecule has 0 aromatic heterocycles. The van der Waals surface area contributed by atoms with E-state index in [-0.39, 0.29) is 18.9 Å². The maximum Gasteiger partial charge on any atom is 0.487 e. The molecule has 0 N–H and O–H groups in total. The first-order valence-electron chi connectivity index (χ1n) is 1.38. The van der Waals surface area contributed by atoms with Crippen molar-refractivity contribution in [3.8, 4) is 0 Å². The fourth-order valence-corrected chi connectivity index (χ4v) is 0. The van der Waals surface area contributed by atoms with E-state index in [0.717, 1.165) is 0 Å². The number of rotatable bonds is 0. The summed E-state index contributed by atoms with van der Waals surface area (Å²) in [5, 5.41) is 0. The average Bonchev–Trinajstić information content (AvgIpc) is 1.25. The smallest absolute Gasteiger partial charge is 0.162 e. The summed E-state index contributed by atoms with van der Waals surface area (Å²) < 4.78 is 62.6. The average molecular weight is 145 g/mol. The summed E-state index contributed by atoms with van der Waals surface area (Å²) >= 11 is 0. The molecule has 0 saturated heterocycles. The van der Waals surface area contributed by atoms with Crippen molar-refractivity contribution in [2.24, 2.45) is 0 Å². The first-order chi connectivity index (χ1) is 3.25. The van der Waals surface area contributed by atoms with Gasteiger partial charge in [-0.2, -0.15) is 26.3 Å². The van der Waals surface area contributed by atoms with E-state index in [1.54, 1.807) is 0 Å². The van der Waals surface area contributed by atoms with E-state index in [4.69, 9.17) is 0 Å². The van der Waals surface area contributed by atoms with Gasteiger partial charge in [0.05, 0.1) is 0 Å². The molecule has 0 aliphatic heterocycles. The Balaban J connectivity index is 0. The van der Waals surface area contributed by atoms with E-state index < -0.39 is 12.4 Å². The molecule has 0 fully saturated rings. The van der Waals surface area contributed by atoms with Crippen LogP contribution in [0, 0.1) is 0 Å². The van der Waals surface area contributed by atoms with Gasteiger partial charge in [-0.3, -0.25) is 0 Å². The van der Waals surface area contributed by atoms with Crippen LogP contribution in [0.25, 0.3) is 0 Å². The molecule has 9 heavy (non-hydrogen) atoms. The molecule has 51 valence electrons. The molecule has 0 aromatic carbocycles. The number of halogens is 6. The zero-order valence-electron chi connectivity index (χ0n) is 4.27. The summed E-state index contributed by atoms with van der Waals surface area (Å²) in [4.78, 5) is 0. The Hall–Kier alpha value is 0.177. The summed E-state index contributed by atoms with van der Waals surface area (Å²) in [5.41, 5.74) is 0. The molecule has 0 rings (SSSR count). The maximum absolute atomic E-state index is 10.4. The first kappa shape index (κ1) is 11.9. The van der Waals surface area contributed by atoms with Gasteiger partial charge in [0.15, 0.2) is 0 Å². The predicted octanol–water partition coefficient (Wildman–Crippen LogP) is 1.73. The van der Waals surface area contributed by atoms with Gasteiger partial charge in [-0.05, 0) is 0 Å². The van der Waals surface area contributed by atoms with Crippen LogP contribution in [0.4, 0.5) is 26.3 Å². The molecule has 0 heterocycles. The molecule has 0 bridgehead atoms. The van der Waals surface area contributed by atoms with Crippen molar-refractivity contribution in [1.82, 2.24) is 0 Å². The zero-order valence-corrected chi connectivity index (χ0v) is 4.27. The van der Waals surface area contributed by atoms with E-state index in [1.807, 2.05) is 0 Å². The second-order valence-corrected chi connectivity index (χ2v) is 0.996. The monoisotopic (exact) mass is 145 g/mol. The van der Waals surface area contributed by atoms with Crippen molar-refractivity contribution in [3.05, 3.63) is 0 Å². The van der Waals surface area contributed by atoms with Crippen molar-refractivity contribution < 1.29 is 26.3 Å². The van der Waals surface area contributed by atoms with Crippen LogP contribution in [0.3, 0.4) is 0 Å². The predicted molar refractivity (Wildman–Crippen MR) is 17.9 cm³/mol. The van der Waals surface area contributed by atoms with Crippen LogP contribution in [0.1, 0.15) is 0 Å². The van der Waals surface area contributed by atoms with E-state index in [0.29, 0.717) is 0 Å². The van der Waals surface area contributed by atoms with Crippen LogP contribution in [0.2, 0.25) is 0 Å². The summed E-state index contributed by atoms with van der Waals surface area (Å²) in [6.07, 6.45) is -12.1. The van der Waals surface area contributed by atoms with Crippen molar-refractivity contribution in [2.75, 3.05) is 0 Å². The Morgan fingerprint density at radius 2 is 0.667 bits per heavy atom. The van der Waals surface area contributed by atoms with Crippen LogP contribution in [-0.2, 0) is 0 Å². The Labute approximate surface area is 58.4 Å². The van der Waals surface area contributed by atoms with Crippen LogP contribution in [0.15, 0.2) is 0 Å². The largest absolute Gasteiger partial charge is 0.487 e. The summed E-state index contributed by atoms with van der Waals surface area (Å²) in [6, 6.07) is 0. The minimum Gasteiger partial charge on any atom is -0.162 e. The van der Waals surface area contributed by atoms with Gasteiger partial charge in [-0.25, -0.2) is 0 Å². The van der Waals surface area contributed by atoms with Crippen molar-refractivity contribution >= 4 is 18.9 Å². The molecule has 0 atom stereocenters. The topological polar surface area (TPSA) is 0 Å². The van der Waals surface area contributed by atoms with Gasteiger partial charge >= 0.3 is 12.4 Å². The van der Waals surface area contributed by atoms with Crippen molar-refractivity contribution in [2.45, 2.75) is 12.4 Å². The van der Waals surface area contributed by atoms with E-state index >= 15 is 0 Å². The van der Waals surface area contributed by atoms with Crippen molar-refractivity contribution in [1.29, 1.82) is 0 Å². The fraction of sp³-hybridized carbons (Fsp3) is 1.00. The van der Waals surface area contributed by atoms with E-state index in [2.05, 4.69) is 0 Å². The Morgan fingerprint density at radius 3 is 0.667 bits per heavy atom. The van der Waals surface area contributed by atoms with E-state index in [1.165, 1.54) is 0 Å². The van der Waals surface area contributed by atoms with Gasteiger partial charge in [0.1, 0.15) is 0 Å². The third-order valence-corrected chi connectivity index (χ3v) is 0.321. The summed E-state index contributed by atoms with van der Waals surface area (Å²) in [7, 11) is 0. The minimum atomic E-state index is -6.06. The maximum atomic E-state index is 10.4. The molecule has 7 heteroatoms. The quantitative estimate of drug-likeness (QED) is 0.359. The zero-order chi connectivity index (χ0) is 7.00. The first-order valence-corrected chi connectivity index (χ1v) is 1.38. The van der Waals surface area contributed by atoms with Gasteiger partial charge in [-0.15, -0.1) is 0 Å². The SMILES string of the molecule is FC(F)(F)C(F)(F)F.[Li]. The normalized spacial score (nSPS) is 12.7. The second-order valence-electron chi connectivity index (χ2n) is 0.996. The molecule has 0 aliphatic carbocycles. The second kappa shape index (κ2) is 2.84. The molecule has 0 nitrogen and oxygen atoms in total. The van der Waals surface area contributed by atoms with Gasteiger partial charge < -0.3 is 0 Å². The molecular formula is C2F6Li. The number of hydrogen-bond acceptors (Lipinski definition) is 0. The molecule has 0 amide bonds. The van der Waals surface area contributed by atoms with E-state index in [9.17, 15) is 26.3 Å². The fourth-order valence-electron chi connectivity index (χ4n) is 0. The minimum absolute atomic E-state index is 0. The van der Waals surface area contributed by atoms with Crippen LogP contribution < -0.4 is 0 Å². The Kier molecular flexibility index (Phi) is 3.76. The Bertz CT molecular complexity index is 66.0. The molecule has 1 radical (unpaired) electrons. The standard InChI is InChI=1S/C2F6.Li/c3-1(4,5)2(6,7)8;. The van der Waals surface area contributed by atoms with Gasteiger partial charge in [0, 0.05) is 18.9 Å². The van der Waals surface area contributed by atoms with Crippen molar-refractivity contribution in [3.63, 3.8) is 0 Å².